The Bertz CT molecular complexity index is 1590. The molecule has 0 spiro atoms. The summed E-state index contributed by atoms with van der Waals surface area (Å²) in [5.74, 6) is 0.263. The second kappa shape index (κ2) is 17.3. The number of hydrogen-bond acceptors (Lipinski definition) is 4. The van der Waals surface area contributed by atoms with Crippen molar-refractivity contribution in [3.63, 3.8) is 0 Å². The van der Waals surface area contributed by atoms with Gasteiger partial charge in [-0.25, -0.2) is 4.68 Å². The fourth-order valence-electron chi connectivity index (χ4n) is 5.28. The molecule has 4 aromatic rings. The molecular formula is C35H44ClN5O3. The highest BCUT2D eigenvalue weighted by atomic mass is 35.5. The molecule has 0 aliphatic carbocycles. The number of anilines is 3. The second-order valence-corrected chi connectivity index (χ2v) is 11.7. The van der Waals surface area contributed by atoms with Crippen molar-refractivity contribution in [3.05, 3.63) is 104 Å². The molecule has 2 aromatic heterocycles. The van der Waals surface area contributed by atoms with Gasteiger partial charge in [-0.3, -0.25) is 24.0 Å². The number of amides is 1. The predicted molar refractivity (Wildman–Crippen MR) is 181 cm³/mol. The molecule has 0 atom stereocenters. The van der Waals surface area contributed by atoms with Crippen LogP contribution >= 0.6 is 11.6 Å². The van der Waals surface area contributed by atoms with Gasteiger partial charge in [0.15, 0.2) is 11.5 Å². The van der Waals surface area contributed by atoms with Gasteiger partial charge in [0.25, 0.3) is 11.1 Å². The predicted octanol–water partition coefficient (Wildman–Crippen LogP) is 8.41. The zero-order valence-corrected chi connectivity index (χ0v) is 26.4. The van der Waals surface area contributed by atoms with Crippen molar-refractivity contribution in [3.8, 4) is 5.69 Å². The van der Waals surface area contributed by atoms with Crippen LogP contribution in [0.3, 0.4) is 0 Å². The zero-order valence-electron chi connectivity index (χ0n) is 25.6. The quantitative estimate of drug-likeness (QED) is 0.0976. The van der Waals surface area contributed by atoms with E-state index in [-0.39, 0.29) is 22.7 Å². The van der Waals surface area contributed by atoms with Crippen LogP contribution in [0, 0.1) is 0 Å². The number of nitrogens with zero attached hydrogens (tertiary/aromatic N) is 2. The molecule has 0 unspecified atom stereocenters. The fourth-order valence-corrected chi connectivity index (χ4v) is 5.45. The third kappa shape index (κ3) is 9.74. The Morgan fingerprint density at radius 2 is 1.48 bits per heavy atom. The number of halogens is 1. The smallest absolute Gasteiger partial charge is 0.293 e. The van der Waals surface area contributed by atoms with Gasteiger partial charge >= 0.3 is 0 Å². The van der Waals surface area contributed by atoms with Crippen molar-refractivity contribution in [2.75, 3.05) is 10.6 Å². The largest absolute Gasteiger partial charge is 0.337 e. The second-order valence-electron chi connectivity index (χ2n) is 11.3. The minimum Gasteiger partial charge on any atom is -0.337 e. The molecule has 44 heavy (non-hydrogen) atoms. The van der Waals surface area contributed by atoms with Gasteiger partial charge < -0.3 is 10.6 Å². The number of aromatic amines is 1. The first-order chi connectivity index (χ1) is 21.5. The number of pyridine rings is 1. The zero-order chi connectivity index (χ0) is 31.1. The molecule has 0 bridgehead atoms. The molecule has 2 aromatic carbocycles. The summed E-state index contributed by atoms with van der Waals surface area (Å²) >= 11 is 6.53. The number of H-pyrrole nitrogens is 1. The van der Waals surface area contributed by atoms with E-state index in [1.54, 1.807) is 36.5 Å². The molecule has 234 valence electrons. The minimum atomic E-state index is -0.364. The average Bonchev–Trinajstić information content (AvgIpc) is 3.31. The number of carbonyl (C=O) groups is 1. The Kier molecular flexibility index (Phi) is 12.9. The maximum Gasteiger partial charge on any atom is 0.293 e. The van der Waals surface area contributed by atoms with Crippen molar-refractivity contribution in [1.29, 1.82) is 0 Å². The molecule has 0 aliphatic rings. The van der Waals surface area contributed by atoms with Crippen molar-refractivity contribution >= 4 is 34.7 Å². The summed E-state index contributed by atoms with van der Waals surface area (Å²) in [4.78, 5) is 38.9. The highest BCUT2D eigenvalue weighted by Crippen LogP contribution is 2.29. The van der Waals surface area contributed by atoms with Crippen molar-refractivity contribution in [2.45, 2.75) is 90.5 Å². The summed E-state index contributed by atoms with van der Waals surface area (Å²) in [6, 6.07) is 19.5. The van der Waals surface area contributed by atoms with Gasteiger partial charge in [-0.15, -0.1) is 0 Å². The van der Waals surface area contributed by atoms with E-state index in [1.165, 1.54) is 66.7 Å². The Balaban J connectivity index is 1.37. The van der Waals surface area contributed by atoms with Gasteiger partial charge in [0.1, 0.15) is 0 Å². The van der Waals surface area contributed by atoms with Gasteiger partial charge in [0, 0.05) is 24.4 Å². The third-order valence-electron chi connectivity index (χ3n) is 7.70. The molecule has 3 N–H and O–H groups in total. The molecule has 1 amide bonds. The van der Waals surface area contributed by atoms with E-state index in [0.29, 0.717) is 35.2 Å². The average molecular weight is 618 g/mol. The number of nitrogens with one attached hydrogen (secondary N) is 3. The first kappa shape index (κ1) is 32.9. The summed E-state index contributed by atoms with van der Waals surface area (Å²) in [5, 5.41) is 9.67. The SMILES string of the molecule is CCCCCCCCCCCCCC(=O)Nc1ccc(Cl)c(Nc2[nH]n(Cc3ccccc3)c(=O)c2-n2ccccc2=O)c1. The summed E-state index contributed by atoms with van der Waals surface area (Å²) in [6.07, 6.45) is 15.6. The highest BCUT2D eigenvalue weighted by molar-refractivity contribution is 6.33. The standard InChI is InChI=1S/C35H44ClN5O3/c1-2-3-4-5-6-7-8-9-10-11-15-20-31(42)37-28-22-23-29(36)30(25-28)38-34-33(40-24-17-16-21-32(40)43)35(44)41(39-34)26-27-18-13-12-14-19-27/h12-14,16-19,21-25,38-39H,2-11,15,20,26H2,1H3,(H,37,42). The molecule has 8 nitrogen and oxygen atoms in total. The van der Waals surface area contributed by atoms with E-state index < -0.39 is 0 Å². The van der Waals surface area contributed by atoms with E-state index in [9.17, 15) is 14.4 Å². The molecular weight excluding hydrogens is 574 g/mol. The normalized spacial score (nSPS) is 11.0. The molecule has 4 rings (SSSR count). The van der Waals surface area contributed by atoms with Crippen LogP contribution in [-0.2, 0) is 11.3 Å². The number of benzene rings is 2. The van der Waals surface area contributed by atoms with Crippen LogP contribution in [0.25, 0.3) is 5.69 Å². The number of carbonyl (C=O) groups excluding carboxylic acids is 1. The molecule has 0 fully saturated rings. The van der Waals surface area contributed by atoms with E-state index in [2.05, 4.69) is 22.7 Å². The number of unbranched alkanes of at least 4 members (excludes halogenated alkanes) is 10. The molecule has 0 saturated heterocycles. The maximum atomic E-state index is 13.5. The van der Waals surface area contributed by atoms with Crippen LogP contribution in [0.15, 0.2) is 82.5 Å². The molecule has 0 radical (unpaired) electrons. The molecule has 0 aliphatic heterocycles. The van der Waals surface area contributed by atoms with E-state index >= 15 is 0 Å². The molecule has 0 saturated carbocycles. The fraction of sp³-hybridized carbons (Fsp3) is 0.400. The van der Waals surface area contributed by atoms with Crippen molar-refractivity contribution < 1.29 is 4.79 Å². The first-order valence-electron chi connectivity index (χ1n) is 15.9. The van der Waals surface area contributed by atoms with Gasteiger partial charge in [0.05, 0.1) is 17.3 Å². The van der Waals surface area contributed by atoms with Gasteiger partial charge in [-0.1, -0.05) is 119 Å². The summed E-state index contributed by atoms with van der Waals surface area (Å²) < 4.78 is 2.75. The van der Waals surface area contributed by atoms with Gasteiger partial charge in [-0.05, 0) is 36.2 Å². The third-order valence-corrected chi connectivity index (χ3v) is 8.02. The van der Waals surface area contributed by atoms with Crippen LogP contribution in [0.5, 0.6) is 0 Å². The van der Waals surface area contributed by atoms with E-state index in [0.717, 1.165) is 24.8 Å². The summed E-state index contributed by atoms with van der Waals surface area (Å²) in [7, 11) is 0. The minimum absolute atomic E-state index is 0.0480. The van der Waals surface area contributed by atoms with Crippen molar-refractivity contribution in [1.82, 2.24) is 14.3 Å². The van der Waals surface area contributed by atoms with Crippen LogP contribution in [0.4, 0.5) is 17.2 Å². The van der Waals surface area contributed by atoms with Crippen LogP contribution in [0.1, 0.15) is 89.5 Å². The Labute approximate surface area is 264 Å². The van der Waals surface area contributed by atoms with Gasteiger partial charge in [0.2, 0.25) is 5.91 Å². The number of rotatable bonds is 18. The summed E-state index contributed by atoms with van der Waals surface area (Å²) in [6.45, 7) is 2.53. The van der Waals surface area contributed by atoms with Crippen LogP contribution in [0.2, 0.25) is 5.02 Å². The first-order valence-corrected chi connectivity index (χ1v) is 16.2. The lowest BCUT2D eigenvalue weighted by molar-refractivity contribution is -0.116. The Morgan fingerprint density at radius 1 is 0.818 bits per heavy atom. The van der Waals surface area contributed by atoms with Crippen molar-refractivity contribution in [2.24, 2.45) is 0 Å². The van der Waals surface area contributed by atoms with E-state index in [1.807, 2.05) is 30.3 Å². The summed E-state index contributed by atoms with van der Waals surface area (Å²) in [5.41, 5.74) is 1.45. The Morgan fingerprint density at radius 3 is 2.16 bits per heavy atom. The lowest BCUT2D eigenvalue weighted by atomic mass is 10.1. The molecule has 9 heteroatoms. The van der Waals surface area contributed by atoms with E-state index in [4.69, 9.17) is 11.6 Å². The lowest BCUT2D eigenvalue weighted by Crippen LogP contribution is -2.25. The number of aromatic nitrogens is 3. The monoisotopic (exact) mass is 617 g/mol. The lowest BCUT2D eigenvalue weighted by Gasteiger charge is -2.12. The maximum absolute atomic E-state index is 13.5. The van der Waals surface area contributed by atoms with Crippen LogP contribution in [-0.4, -0.2) is 20.3 Å². The number of hydrogen-bond donors (Lipinski definition) is 3. The van der Waals surface area contributed by atoms with Gasteiger partial charge in [-0.2, -0.15) is 0 Å². The Hall–Kier alpha value is -4.04. The molecule has 2 heterocycles. The highest BCUT2D eigenvalue weighted by Gasteiger charge is 2.19. The van der Waals surface area contributed by atoms with Crippen LogP contribution < -0.4 is 21.8 Å². The topological polar surface area (TPSA) is 101 Å².